The third-order valence-corrected chi connectivity index (χ3v) is 8.86. The highest BCUT2D eigenvalue weighted by molar-refractivity contribution is 6.45. The van der Waals surface area contributed by atoms with E-state index in [1.807, 2.05) is 18.2 Å². The summed E-state index contributed by atoms with van der Waals surface area (Å²) in [6, 6.07) is 22.2. The van der Waals surface area contributed by atoms with Crippen LogP contribution in [0.1, 0.15) is 46.4 Å². The van der Waals surface area contributed by atoms with Crippen LogP contribution >= 0.6 is 0 Å². The number of dihydropyridines is 1. The predicted octanol–water partition coefficient (Wildman–Crippen LogP) is 6.47. The lowest BCUT2D eigenvalue weighted by atomic mass is 9.80. The van der Waals surface area contributed by atoms with Crippen molar-refractivity contribution in [1.29, 1.82) is 0 Å². The van der Waals surface area contributed by atoms with E-state index in [-0.39, 0.29) is 6.04 Å². The number of fused-ring (bicyclic) bond motifs is 7. The van der Waals surface area contributed by atoms with Crippen LogP contribution in [0.4, 0.5) is 18.9 Å². The van der Waals surface area contributed by atoms with Crippen molar-refractivity contribution in [1.82, 2.24) is 4.98 Å². The van der Waals surface area contributed by atoms with Gasteiger partial charge >= 0.3 is 6.18 Å². The van der Waals surface area contributed by atoms with Gasteiger partial charge in [-0.1, -0.05) is 54.1 Å². The highest BCUT2D eigenvalue weighted by Crippen LogP contribution is 2.44. The number of aryl methyl sites for hydroxylation is 1. The van der Waals surface area contributed by atoms with E-state index in [2.05, 4.69) is 54.4 Å². The Balaban J connectivity index is 1.31. The van der Waals surface area contributed by atoms with Crippen LogP contribution in [0.25, 0.3) is 22.8 Å². The van der Waals surface area contributed by atoms with Gasteiger partial charge in [0.15, 0.2) is 0 Å². The summed E-state index contributed by atoms with van der Waals surface area (Å²) in [5.41, 5.74) is 9.11. The van der Waals surface area contributed by atoms with Gasteiger partial charge in [0.25, 0.3) is 0 Å². The van der Waals surface area contributed by atoms with Gasteiger partial charge < -0.3 is 0 Å². The van der Waals surface area contributed by atoms with E-state index in [9.17, 15) is 13.2 Å². The van der Waals surface area contributed by atoms with Crippen molar-refractivity contribution in [3.05, 3.63) is 127 Å². The summed E-state index contributed by atoms with van der Waals surface area (Å²) < 4.78 is 39.7. The molecule has 0 saturated heterocycles. The number of allylic oxidation sites excluding steroid dienone is 1. The van der Waals surface area contributed by atoms with Gasteiger partial charge in [-0.25, -0.2) is 4.99 Å². The first-order chi connectivity index (χ1) is 20.4. The average molecular weight is 557 g/mol. The summed E-state index contributed by atoms with van der Waals surface area (Å²) in [6.07, 6.45) is 4.45. The van der Waals surface area contributed by atoms with Gasteiger partial charge in [-0.15, -0.1) is 0 Å². The number of aliphatic imine (C=N–C) groups is 2. The minimum Gasteiger partial charge on any atom is -0.278 e. The average Bonchev–Trinajstić information content (AvgIpc) is 3.39. The van der Waals surface area contributed by atoms with Crippen LogP contribution in [0.15, 0.2) is 76.8 Å². The quantitative estimate of drug-likeness (QED) is 0.279. The molecule has 0 fully saturated rings. The van der Waals surface area contributed by atoms with E-state index in [1.54, 1.807) is 6.21 Å². The molecule has 1 atom stereocenters. The second-order valence-electron chi connectivity index (χ2n) is 11.3. The molecule has 1 aromatic heterocycles. The van der Waals surface area contributed by atoms with Crippen molar-refractivity contribution in [2.24, 2.45) is 9.98 Å². The minimum atomic E-state index is -4.44. The number of hydrogen-bond donors (Lipinski definition) is 0. The van der Waals surface area contributed by atoms with E-state index in [4.69, 9.17) is 9.98 Å². The Morgan fingerprint density at radius 1 is 0.929 bits per heavy atom. The summed E-state index contributed by atoms with van der Waals surface area (Å²) in [6.45, 7) is 2.14. The zero-order chi connectivity index (χ0) is 28.6. The van der Waals surface area contributed by atoms with Crippen LogP contribution < -0.4 is 10.4 Å². The van der Waals surface area contributed by atoms with Crippen molar-refractivity contribution < 1.29 is 13.2 Å². The molecule has 0 bridgehead atoms. The van der Waals surface area contributed by atoms with Crippen molar-refractivity contribution in [3.63, 3.8) is 0 Å². The Hall–Kier alpha value is -4.58. The van der Waals surface area contributed by atoms with Crippen LogP contribution in [0.5, 0.6) is 0 Å². The summed E-state index contributed by atoms with van der Waals surface area (Å²) in [5, 5.41) is 5.17. The maximum absolute atomic E-state index is 13.2. The highest BCUT2D eigenvalue weighted by atomic mass is 19.4. The van der Waals surface area contributed by atoms with Crippen molar-refractivity contribution in [2.75, 3.05) is 0 Å². The molecule has 0 amide bonds. The van der Waals surface area contributed by atoms with E-state index in [0.29, 0.717) is 11.3 Å². The fourth-order valence-electron chi connectivity index (χ4n) is 6.92. The van der Waals surface area contributed by atoms with Crippen LogP contribution in [-0.2, 0) is 19.0 Å². The van der Waals surface area contributed by atoms with Crippen LogP contribution in [-0.4, -0.2) is 23.0 Å². The topological polar surface area (TPSA) is 37.6 Å². The molecule has 0 N–H and O–H groups in total. The summed E-state index contributed by atoms with van der Waals surface area (Å²) in [4.78, 5) is 14.3. The molecule has 4 aromatic rings. The number of benzene rings is 3. The molecule has 0 saturated carbocycles. The standard InChI is InChI=1S/C36H25F3N3/c1-20-9-10-21-11-13-24-23-6-4-7-27(25(23)14-15-26(24)29(21)17-20)34-35-33(28-5-2-3-8-32(28)42-35)30(19-41-34)31-16-12-22(18-40-31)36(37,38)39/h2,5,8-12,14-19,34H,4,6-7,13H2,1H3. The summed E-state index contributed by atoms with van der Waals surface area (Å²) in [5.74, 6) is 0. The summed E-state index contributed by atoms with van der Waals surface area (Å²) in [7, 11) is 0. The molecule has 2 aliphatic carbocycles. The molecular weight excluding hydrogens is 531 g/mol. The van der Waals surface area contributed by atoms with E-state index in [0.717, 1.165) is 60.5 Å². The van der Waals surface area contributed by atoms with Gasteiger partial charge in [-0.2, -0.15) is 13.2 Å². The third-order valence-electron chi connectivity index (χ3n) is 8.86. The number of halogens is 3. The molecule has 8 rings (SSSR count). The second-order valence-corrected chi connectivity index (χ2v) is 11.3. The molecular formula is C36H25F3N3. The first kappa shape index (κ1) is 25.2. The van der Waals surface area contributed by atoms with E-state index >= 15 is 0 Å². The fourth-order valence-corrected chi connectivity index (χ4v) is 6.92. The van der Waals surface area contributed by atoms with Crippen LogP contribution in [0.2, 0.25) is 0 Å². The van der Waals surface area contributed by atoms with E-state index < -0.39 is 11.7 Å². The molecule has 4 aliphatic rings. The molecule has 42 heavy (non-hydrogen) atoms. The molecule has 3 nitrogen and oxygen atoms in total. The molecule has 2 aliphatic heterocycles. The fraction of sp³-hybridized carbons (Fsp3) is 0.194. The predicted molar refractivity (Wildman–Crippen MR) is 160 cm³/mol. The lowest BCUT2D eigenvalue weighted by molar-refractivity contribution is -0.137. The number of hydrogen-bond acceptors (Lipinski definition) is 3. The van der Waals surface area contributed by atoms with E-state index in [1.165, 1.54) is 49.2 Å². The SMILES string of the molecule is Cc1ccc2c(c1)=c1ccc3c(c1CC=2)CCCC=3C1N=CC(c2ccc(C(F)(F)F)cn2)=C2C1=Nc1c[c]ccc12. The number of alkyl halides is 3. The molecule has 1 radical (unpaired) electrons. The molecule has 3 heterocycles. The Morgan fingerprint density at radius 2 is 1.81 bits per heavy atom. The zero-order valence-electron chi connectivity index (χ0n) is 22.9. The maximum Gasteiger partial charge on any atom is 0.417 e. The zero-order valence-corrected chi connectivity index (χ0v) is 22.9. The minimum absolute atomic E-state index is 0.273. The Kier molecular flexibility index (Phi) is 5.52. The van der Waals surface area contributed by atoms with Gasteiger partial charge in [0.1, 0.15) is 6.04 Å². The summed E-state index contributed by atoms with van der Waals surface area (Å²) >= 11 is 0. The van der Waals surface area contributed by atoms with Crippen LogP contribution in [0, 0.1) is 23.4 Å². The lowest BCUT2D eigenvalue weighted by Crippen LogP contribution is -2.32. The van der Waals surface area contributed by atoms with Crippen molar-refractivity contribution in [3.8, 4) is 0 Å². The maximum atomic E-state index is 13.2. The number of nitrogens with zero attached hydrogens (tertiary/aromatic N) is 3. The smallest absolute Gasteiger partial charge is 0.278 e. The van der Waals surface area contributed by atoms with Gasteiger partial charge in [-0.3, -0.25) is 9.98 Å². The number of pyridine rings is 1. The van der Waals surface area contributed by atoms with Crippen LogP contribution in [0.3, 0.4) is 0 Å². The van der Waals surface area contributed by atoms with Gasteiger partial charge in [0.05, 0.1) is 22.7 Å². The first-order valence-electron chi connectivity index (χ1n) is 14.2. The number of rotatable bonds is 2. The molecule has 1 unspecified atom stereocenters. The molecule has 6 heteroatoms. The Bertz CT molecular complexity index is 2130. The van der Waals surface area contributed by atoms with Crippen molar-refractivity contribution in [2.45, 2.75) is 44.8 Å². The highest BCUT2D eigenvalue weighted by Gasteiger charge is 2.36. The second kappa shape index (κ2) is 9.21. The normalized spacial score (nSPS) is 18.4. The first-order valence-corrected chi connectivity index (χ1v) is 14.2. The Morgan fingerprint density at radius 3 is 2.64 bits per heavy atom. The third kappa shape index (κ3) is 3.85. The van der Waals surface area contributed by atoms with Gasteiger partial charge in [-0.05, 0) is 94.4 Å². The van der Waals surface area contributed by atoms with Gasteiger partial charge in [0.2, 0.25) is 0 Å². The lowest BCUT2D eigenvalue weighted by Gasteiger charge is -2.27. The van der Waals surface area contributed by atoms with Crippen molar-refractivity contribution >= 4 is 40.4 Å². The molecule has 3 aromatic carbocycles. The van der Waals surface area contributed by atoms with Gasteiger partial charge in [0, 0.05) is 29.1 Å². The number of aromatic nitrogens is 1. The monoisotopic (exact) mass is 556 g/mol. The molecule has 0 spiro atoms. The largest absolute Gasteiger partial charge is 0.417 e. The Labute approximate surface area is 240 Å². The molecule has 205 valence electrons.